The highest BCUT2D eigenvalue weighted by molar-refractivity contribution is 14.0. The molecular formula is C20H31IN4OS. The van der Waals surface area contributed by atoms with Gasteiger partial charge >= 0.3 is 0 Å². The van der Waals surface area contributed by atoms with Crippen LogP contribution in [0.25, 0.3) is 0 Å². The van der Waals surface area contributed by atoms with Gasteiger partial charge in [0, 0.05) is 37.5 Å². The Morgan fingerprint density at radius 3 is 2.70 bits per heavy atom. The molecule has 0 aliphatic heterocycles. The SMILES string of the molecule is CN=C(NCc1cccc(OCCN(C)C)c1)NCC(C)c1cccs1.I. The first-order valence-electron chi connectivity index (χ1n) is 8.93. The van der Waals surface area contributed by atoms with E-state index in [0.29, 0.717) is 19.1 Å². The van der Waals surface area contributed by atoms with E-state index in [-0.39, 0.29) is 24.0 Å². The third-order valence-corrected chi connectivity index (χ3v) is 5.10. The van der Waals surface area contributed by atoms with Crippen LogP contribution in [0, 0.1) is 0 Å². The summed E-state index contributed by atoms with van der Waals surface area (Å²) in [6.45, 7) is 5.38. The molecule has 0 spiro atoms. The minimum absolute atomic E-state index is 0. The average molecular weight is 502 g/mol. The van der Waals surface area contributed by atoms with Gasteiger partial charge in [0.1, 0.15) is 12.4 Å². The van der Waals surface area contributed by atoms with E-state index < -0.39 is 0 Å². The number of nitrogens with zero attached hydrogens (tertiary/aromatic N) is 2. The number of nitrogens with one attached hydrogen (secondary N) is 2. The lowest BCUT2D eigenvalue weighted by Crippen LogP contribution is -2.38. The zero-order valence-corrected chi connectivity index (χ0v) is 19.7. The van der Waals surface area contributed by atoms with Crippen molar-refractivity contribution in [3.8, 4) is 5.75 Å². The molecule has 1 unspecified atom stereocenters. The van der Waals surface area contributed by atoms with Crippen LogP contribution in [0.1, 0.15) is 23.3 Å². The van der Waals surface area contributed by atoms with Crippen molar-refractivity contribution in [2.24, 2.45) is 4.99 Å². The zero-order valence-electron chi connectivity index (χ0n) is 16.6. The Bertz CT molecular complexity index is 676. The van der Waals surface area contributed by atoms with Crippen LogP contribution in [0.2, 0.25) is 0 Å². The predicted molar refractivity (Wildman–Crippen MR) is 127 cm³/mol. The number of thiophene rings is 1. The van der Waals surface area contributed by atoms with Gasteiger partial charge in [-0.05, 0) is 43.2 Å². The molecule has 0 bridgehead atoms. The number of ether oxygens (including phenoxy) is 1. The number of hydrogen-bond acceptors (Lipinski definition) is 4. The highest BCUT2D eigenvalue weighted by atomic mass is 127. The number of likely N-dealkylation sites (N-methyl/N-ethyl adjacent to an activating group) is 1. The normalized spacial score (nSPS) is 12.4. The average Bonchev–Trinajstić information content (AvgIpc) is 3.16. The van der Waals surface area contributed by atoms with Crippen LogP contribution >= 0.6 is 35.3 Å². The summed E-state index contributed by atoms with van der Waals surface area (Å²) in [5, 5.41) is 8.88. The van der Waals surface area contributed by atoms with Gasteiger partial charge in [-0.1, -0.05) is 25.1 Å². The third-order valence-electron chi connectivity index (χ3n) is 3.99. The minimum Gasteiger partial charge on any atom is -0.492 e. The quantitative estimate of drug-likeness (QED) is 0.312. The van der Waals surface area contributed by atoms with E-state index in [9.17, 15) is 0 Å². The molecule has 1 aromatic carbocycles. The second-order valence-corrected chi connectivity index (χ2v) is 7.50. The van der Waals surface area contributed by atoms with Gasteiger partial charge in [0.2, 0.25) is 0 Å². The van der Waals surface area contributed by atoms with Crippen LogP contribution in [-0.2, 0) is 6.54 Å². The van der Waals surface area contributed by atoms with Gasteiger partial charge in [-0.3, -0.25) is 4.99 Å². The molecular weight excluding hydrogens is 471 g/mol. The van der Waals surface area contributed by atoms with Crippen molar-refractivity contribution in [1.29, 1.82) is 0 Å². The van der Waals surface area contributed by atoms with Gasteiger partial charge in [0.05, 0.1) is 0 Å². The lowest BCUT2D eigenvalue weighted by molar-refractivity contribution is 0.261. The van der Waals surface area contributed by atoms with Gasteiger partial charge in [0.25, 0.3) is 0 Å². The van der Waals surface area contributed by atoms with E-state index in [4.69, 9.17) is 4.74 Å². The Labute approximate surface area is 184 Å². The molecule has 1 aromatic heterocycles. The number of guanidine groups is 1. The van der Waals surface area contributed by atoms with Crippen LogP contribution in [0.5, 0.6) is 5.75 Å². The molecule has 150 valence electrons. The maximum absolute atomic E-state index is 5.80. The Morgan fingerprint density at radius 2 is 2.04 bits per heavy atom. The molecule has 2 rings (SSSR count). The van der Waals surface area contributed by atoms with Crippen LogP contribution in [0.15, 0.2) is 46.8 Å². The molecule has 0 aliphatic rings. The van der Waals surface area contributed by atoms with Crippen molar-refractivity contribution in [3.05, 3.63) is 52.2 Å². The molecule has 1 heterocycles. The molecule has 0 aliphatic carbocycles. The van der Waals surface area contributed by atoms with Crippen LogP contribution in [0.4, 0.5) is 0 Å². The van der Waals surface area contributed by atoms with Gasteiger partial charge in [-0.2, -0.15) is 0 Å². The van der Waals surface area contributed by atoms with Crippen molar-refractivity contribution in [2.45, 2.75) is 19.4 Å². The molecule has 5 nitrogen and oxygen atoms in total. The molecule has 0 radical (unpaired) electrons. The molecule has 0 saturated carbocycles. The molecule has 1 atom stereocenters. The fraction of sp³-hybridized carbons (Fsp3) is 0.450. The topological polar surface area (TPSA) is 48.9 Å². The molecule has 0 fully saturated rings. The van der Waals surface area contributed by atoms with Crippen molar-refractivity contribution in [2.75, 3.05) is 40.8 Å². The van der Waals surface area contributed by atoms with E-state index in [1.807, 2.05) is 26.2 Å². The van der Waals surface area contributed by atoms with Crippen molar-refractivity contribution in [1.82, 2.24) is 15.5 Å². The first-order valence-corrected chi connectivity index (χ1v) is 9.81. The maximum atomic E-state index is 5.80. The number of benzene rings is 1. The second-order valence-electron chi connectivity index (χ2n) is 6.52. The second kappa shape index (κ2) is 13.0. The molecule has 2 N–H and O–H groups in total. The summed E-state index contributed by atoms with van der Waals surface area (Å²) in [6.07, 6.45) is 0. The number of rotatable bonds is 9. The highest BCUT2D eigenvalue weighted by Crippen LogP contribution is 2.19. The van der Waals surface area contributed by atoms with Gasteiger partial charge in [0.15, 0.2) is 5.96 Å². The molecule has 0 saturated heterocycles. The van der Waals surface area contributed by atoms with E-state index in [0.717, 1.165) is 24.8 Å². The lowest BCUT2D eigenvalue weighted by atomic mass is 10.1. The Morgan fingerprint density at radius 1 is 1.22 bits per heavy atom. The summed E-state index contributed by atoms with van der Waals surface area (Å²) in [6, 6.07) is 12.5. The van der Waals surface area contributed by atoms with Gasteiger partial charge in [-0.25, -0.2) is 0 Å². The van der Waals surface area contributed by atoms with Gasteiger partial charge in [-0.15, -0.1) is 35.3 Å². The first-order chi connectivity index (χ1) is 12.6. The zero-order chi connectivity index (χ0) is 18.8. The summed E-state index contributed by atoms with van der Waals surface area (Å²) in [7, 11) is 5.88. The van der Waals surface area contributed by atoms with Crippen LogP contribution in [0.3, 0.4) is 0 Å². The fourth-order valence-electron chi connectivity index (χ4n) is 2.42. The lowest BCUT2D eigenvalue weighted by Gasteiger charge is -2.16. The summed E-state index contributed by atoms with van der Waals surface area (Å²) >= 11 is 1.79. The van der Waals surface area contributed by atoms with Crippen molar-refractivity contribution < 1.29 is 4.74 Å². The smallest absolute Gasteiger partial charge is 0.191 e. The standard InChI is InChI=1S/C20H30N4OS.HI/c1-16(19-9-6-12-26-19)14-22-20(21-2)23-15-17-7-5-8-18(13-17)25-11-10-24(3)4;/h5-9,12-13,16H,10-11,14-15H2,1-4H3,(H2,21,22,23);1H. The largest absolute Gasteiger partial charge is 0.492 e. The predicted octanol–water partition coefficient (Wildman–Crippen LogP) is 3.78. The molecule has 27 heavy (non-hydrogen) atoms. The summed E-state index contributed by atoms with van der Waals surface area (Å²) < 4.78 is 5.80. The van der Waals surface area contributed by atoms with Crippen molar-refractivity contribution >= 4 is 41.3 Å². The first kappa shape index (κ1) is 23.7. The molecule has 2 aromatic rings. The Hall–Kier alpha value is -1.32. The van der Waals surface area contributed by atoms with Crippen LogP contribution < -0.4 is 15.4 Å². The van der Waals surface area contributed by atoms with Crippen LogP contribution in [-0.4, -0.2) is 51.7 Å². The fourth-order valence-corrected chi connectivity index (χ4v) is 3.21. The summed E-state index contributed by atoms with van der Waals surface area (Å²) in [5.41, 5.74) is 1.17. The monoisotopic (exact) mass is 502 g/mol. The number of aliphatic imine (C=N–C) groups is 1. The van der Waals surface area contributed by atoms with Gasteiger partial charge < -0.3 is 20.3 Å². The van der Waals surface area contributed by atoms with E-state index in [1.54, 1.807) is 18.4 Å². The highest BCUT2D eigenvalue weighted by Gasteiger charge is 2.07. The maximum Gasteiger partial charge on any atom is 0.191 e. The third kappa shape index (κ3) is 8.94. The molecule has 0 amide bonds. The van der Waals surface area contributed by atoms with E-state index >= 15 is 0 Å². The van der Waals surface area contributed by atoms with E-state index in [1.165, 1.54) is 10.4 Å². The summed E-state index contributed by atoms with van der Waals surface area (Å²) in [5.74, 6) is 2.18. The Kier molecular flexibility index (Phi) is 11.4. The number of halogens is 1. The van der Waals surface area contributed by atoms with Crippen molar-refractivity contribution in [3.63, 3.8) is 0 Å². The Balaban J connectivity index is 0.00000364. The molecule has 7 heteroatoms. The summed E-state index contributed by atoms with van der Waals surface area (Å²) in [4.78, 5) is 7.80. The van der Waals surface area contributed by atoms with E-state index in [2.05, 4.69) is 57.1 Å². The number of hydrogen-bond donors (Lipinski definition) is 2. The minimum atomic E-state index is 0.